The summed E-state index contributed by atoms with van der Waals surface area (Å²) in [5.41, 5.74) is 3.09. The van der Waals surface area contributed by atoms with E-state index in [0.717, 1.165) is 24.7 Å². The van der Waals surface area contributed by atoms with Crippen LogP contribution in [0.3, 0.4) is 0 Å². The highest BCUT2D eigenvalue weighted by molar-refractivity contribution is 7.80. The maximum Gasteiger partial charge on any atom is 0.0409 e. The first-order valence-corrected chi connectivity index (χ1v) is 8.43. The largest absolute Gasteiger partial charge is 0.261 e. The van der Waals surface area contributed by atoms with Crippen molar-refractivity contribution < 1.29 is 0 Å². The third-order valence-corrected chi connectivity index (χ3v) is 6.03. The molecule has 108 valence electrons. The van der Waals surface area contributed by atoms with E-state index in [2.05, 4.69) is 37.9 Å². The van der Waals surface area contributed by atoms with E-state index in [-0.39, 0.29) is 0 Å². The normalized spacial score (nSPS) is 35.5. The van der Waals surface area contributed by atoms with Crippen molar-refractivity contribution in [2.45, 2.75) is 52.9 Å². The Labute approximate surface area is 128 Å². The summed E-state index contributed by atoms with van der Waals surface area (Å²) in [6.45, 7) is 7.05. The summed E-state index contributed by atoms with van der Waals surface area (Å²) in [6, 6.07) is 4.33. The van der Waals surface area contributed by atoms with Gasteiger partial charge in [0.1, 0.15) is 0 Å². The maximum atomic E-state index is 5.84. The Hall–Kier alpha value is -0.760. The first-order valence-electron chi connectivity index (χ1n) is 8.02. The highest BCUT2D eigenvalue weighted by Gasteiger charge is 2.55. The van der Waals surface area contributed by atoms with Crippen molar-refractivity contribution in [3.63, 3.8) is 0 Å². The fourth-order valence-corrected chi connectivity index (χ4v) is 4.60. The SMILES string of the molecule is CCCc1cc(C(=S)C2CC3CC3(C)CC2C)ccn1. The Morgan fingerprint density at radius 1 is 1.45 bits per heavy atom. The Kier molecular flexibility index (Phi) is 3.70. The lowest BCUT2D eigenvalue weighted by Crippen LogP contribution is -2.28. The maximum absolute atomic E-state index is 5.84. The molecule has 1 aromatic heterocycles. The third kappa shape index (κ3) is 2.55. The number of aromatic nitrogens is 1. The van der Waals surface area contributed by atoms with Crippen molar-refractivity contribution in [1.82, 2.24) is 4.98 Å². The smallest absolute Gasteiger partial charge is 0.0409 e. The number of aryl methyl sites for hydroxylation is 1. The number of nitrogens with zero attached hydrogens (tertiary/aromatic N) is 1. The van der Waals surface area contributed by atoms with Gasteiger partial charge in [0.05, 0.1) is 0 Å². The van der Waals surface area contributed by atoms with E-state index < -0.39 is 0 Å². The summed E-state index contributed by atoms with van der Waals surface area (Å²) in [5.74, 6) is 2.26. The Bertz CT molecular complexity index is 524. The summed E-state index contributed by atoms with van der Waals surface area (Å²) in [6.07, 6.45) is 8.22. The number of fused-ring (bicyclic) bond motifs is 1. The summed E-state index contributed by atoms with van der Waals surface area (Å²) in [5, 5.41) is 0. The molecule has 2 aliphatic rings. The standard InChI is InChI=1S/C18H25NS/c1-4-5-15-8-13(6-7-19-15)17(20)16-9-14-11-18(14,3)10-12(16)2/h6-8,12,14,16H,4-5,9-11H2,1-3H3. The highest BCUT2D eigenvalue weighted by Crippen LogP contribution is 2.63. The highest BCUT2D eigenvalue weighted by atomic mass is 32.1. The van der Waals surface area contributed by atoms with Gasteiger partial charge in [0.2, 0.25) is 0 Å². The molecule has 1 heterocycles. The van der Waals surface area contributed by atoms with Crippen LogP contribution < -0.4 is 0 Å². The third-order valence-electron chi connectivity index (χ3n) is 5.50. The van der Waals surface area contributed by atoms with E-state index in [1.807, 2.05) is 6.20 Å². The molecule has 0 bridgehead atoms. The first-order chi connectivity index (χ1) is 9.53. The van der Waals surface area contributed by atoms with Gasteiger partial charge in [0.15, 0.2) is 0 Å². The van der Waals surface area contributed by atoms with E-state index in [9.17, 15) is 0 Å². The molecule has 0 spiro atoms. The monoisotopic (exact) mass is 287 g/mol. The van der Waals surface area contributed by atoms with Crippen LogP contribution in [0.4, 0.5) is 0 Å². The van der Waals surface area contributed by atoms with E-state index in [0.29, 0.717) is 11.3 Å². The minimum Gasteiger partial charge on any atom is -0.261 e. The zero-order chi connectivity index (χ0) is 14.3. The molecule has 4 atom stereocenters. The van der Waals surface area contributed by atoms with Crippen molar-refractivity contribution in [2.75, 3.05) is 0 Å². The fraction of sp³-hybridized carbons (Fsp3) is 0.667. The van der Waals surface area contributed by atoms with Crippen molar-refractivity contribution in [1.29, 1.82) is 0 Å². The van der Waals surface area contributed by atoms with Gasteiger partial charge in [-0.3, -0.25) is 4.98 Å². The van der Waals surface area contributed by atoms with Gasteiger partial charge >= 0.3 is 0 Å². The Balaban J connectivity index is 1.77. The minimum absolute atomic E-state index is 0.599. The van der Waals surface area contributed by atoms with Gasteiger partial charge in [-0.25, -0.2) is 0 Å². The van der Waals surface area contributed by atoms with Gasteiger partial charge in [-0.2, -0.15) is 0 Å². The lowest BCUT2D eigenvalue weighted by atomic mass is 9.73. The topological polar surface area (TPSA) is 12.9 Å². The number of thiocarbonyl (C=S) groups is 1. The van der Waals surface area contributed by atoms with Crippen molar-refractivity contribution in [2.24, 2.45) is 23.2 Å². The molecular weight excluding hydrogens is 262 g/mol. The van der Waals surface area contributed by atoms with Crippen LogP contribution in [0.1, 0.15) is 57.7 Å². The summed E-state index contributed by atoms with van der Waals surface area (Å²) >= 11 is 5.84. The molecule has 4 unspecified atom stereocenters. The van der Waals surface area contributed by atoms with Crippen LogP contribution in [0.2, 0.25) is 0 Å². The average Bonchev–Trinajstić information content (AvgIpc) is 3.07. The van der Waals surface area contributed by atoms with E-state index in [1.54, 1.807) is 0 Å². The van der Waals surface area contributed by atoms with Crippen LogP contribution in [0.15, 0.2) is 18.3 Å². The zero-order valence-corrected chi connectivity index (χ0v) is 13.7. The lowest BCUT2D eigenvalue weighted by Gasteiger charge is -2.33. The van der Waals surface area contributed by atoms with E-state index >= 15 is 0 Å². The van der Waals surface area contributed by atoms with Crippen LogP contribution in [-0.2, 0) is 6.42 Å². The van der Waals surface area contributed by atoms with Crippen LogP contribution in [0.5, 0.6) is 0 Å². The number of hydrogen-bond acceptors (Lipinski definition) is 2. The first kappa shape index (κ1) is 14.2. The van der Waals surface area contributed by atoms with Crippen molar-refractivity contribution >= 4 is 17.1 Å². The molecule has 2 saturated carbocycles. The van der Waals surface area contributed by atoms with Gasteiger partial charge in [-0.15, -0.1) is 0 Å². The summed E-state index contributed by atoms with van der Waals surface area (Å²) in [4.78, 5) is 5.64. The predicted molar refractivity (Wildman–Crippen MR) is 88.0 cm³/mol. The zero-order valence-electron chi connectivity index (χ0n) is 12.9. The molecule has 20 heavy (non-hydrogen) atoms. The molecule has 0 radical (unpaired) electrons. The molecule has 3 rings (SSSR count). The number of hydrogen-bond donors (Lipinski definition) is 0. The van der Waals surface area contributed by atoms with Crippen LogP contribution in [0, 0.1) is 23.2 Å². The second kappa shape index (κ2) is 5.22. The number of rotatable bonds is 4. The molecule has 1 nitrogen and oxygen atoms in total. The quantitative estimate of drug-likeness (QED) is 0.581. The van der Waals surface area contributed by atoms with Crippen molar-refractivity contribution in [3.8, 4) is 0 Å². The molecule has 0 aromatic carbocycles. The van der Waals surface area contributed by atoms with E-state index in [1.165, 1.54) is 35.4 Å². The molecule has 0 N–H and O–H groups in total. The van der Waals surface area contributed by atoms with Gasteiger partial charge < -0.3 is 0 Å². The van der Waals surface area contributed by atoms with Crippen LogP contribution in [-0.4, -0.2) is 9.85 Å². The average molecular weight is 287 g/mol. The molecule has 2 fully saturated rings. The van der Waals surface area contributed by atoms with Gasteiger partial charge in [0, 0.05) is 16.8 Å². The Morgan fingerprint density at radius 3 is 3.00 bits per heavy atom. The second-order valence-electron chi connectivity index (χ2n) is 7.23. The summed E-state index contributed by atoms with van der Waals surface area (Å²) < 4.78 is 0. The van der Waals surface area contributed by atoms with Crippen LogP contribution >= 0.6 is 12.2 Å². The van der Waals surface area contributed by atoms with Gasteiger partial charge in [-0.1, -0.05) is 39.4 Å². The molecular formula is C18H25NS. The number of pyridine rings is 1. The van der Waals surface area contributed by atoms with Gasteiger partial charge in [-0.05, 0) is 66.5 Å². The molecule has 2 heteroatoms. The predicted octanol–water partition coefficient (Wildman–Crippen LogP) is 4.82. The minimum atomic E-state index is 0.599. The van der Waals surface area contributed by atoms with Crippen molar-refractivity contribution in [3.05, 3.63) is 29.6 Å². The lowest BCUT2D eigenvalue weighted by molar-refractivity contribution is 0.246. The van der Waals surface area contributed by atoms with Crippen LogP contribution in [0.25, 0.3) is 0 Å². The fourth-order valence-electron chi connectivity index (χ4n) is 4.14. The molecule has 0 amide bonds. The second-order valence-corrected chi connectivity index (χ2v) is 7.67. The molecule has 0 aliphatic heterocycles. The molecule has 2 aliphatic carbocycles. The van der Waals surface area contributed by atoms with Gasteiger partial charge in [0.25, 0.3) is 0 Å². The molecule has 0 saturated heterocycles. The molecule has 1 aromatic rings. The van der Waals surface area contributed by atoms with E-state index in [4.69, 9.17) is 12.2 Å². The Morgan fingerprint density at radius 2 is 2.25 bits per heavy atom. The summed E-state index contributed by atoms with van der Waals surface area (Å²) in [7, 11) is 0.